The zero-order valence-electron chi connectivity index (χ0n) is 11.1. The number of rotatable bonds is 3. The maximum Gasteiger partial charge on any atom is 0.311 e. The molecule has 1 fully saturated rings. The first-order chi connectivity index (χ1) is 9.74. The number of esters is 1. The van der Waals surface area contributed by atoms with Crippen LogP contribution in [0.15, 0.2) is 23.1 Å². The van der Waals surface area contributed by atoms with Crippen LogP contribution in [0.5, 0.6) is 0 Å². The van der Waals surface area contributed by atoms with Gasteiger partial charge in [-0.1, -0.05) is 0 Å². The minimum atomic E-state index is -4.41. The van der Waals surface area contributed by atoms with E-state index in [9.17, 15) is 18.0 Å². The molecule has 1 aliphatic rings. The Morgan fingerprint density at radius 3 is 2.71 bits per heavy atom. The summed E-state index contributed by atoms with van der Waals surface area (Å²) in [6.07, 6.45) is -0.0395. The second-order valence-electron chi connectivity index (χ2n) is 4.62. The van der Waals surface area contributed by atoms with E-state index in [1.165, 1.54) is 18.1 Å². The third-order valence-corrected chi connectivity index (χ3v) is 4.10. The first kappa shape index (κ1) is 15.3. The summed E-state index contributed by atoms with van der Waals surface area (Å²) in [5.74, 6) is -1.52. The van der Waals surface area contributed by atoms with E-state index in [2.05, 4.69) is 4.74 Å². The fourth-order valence-electron chi connectivity index (χ4n) is 2.18. The molecular formula is C12H14N2O6S. The molecule has 114 valence electrons. The molecule has 9 heteroatoms. The molecular weight excluding hydrogens is 300 g/mol. The van der Waals surface area contributed by atoms with Gasteiger partial charge in [-0.25, -0.2) is 0 Å². The summed E-state index contributed by atoms with van der Waals surface area (Å²) in [6.45, 7) is 0.0463. The zero-order valence-corrected chi connectivity index (χ0v) is 12.0. The summed E-state index contributed by atoms with van der Waals surface area (Å²) in [5.41, 5.74) is 6.05. The van der Waals surface area contributed by atoms with Gasteiger partial charge in [0, 0.05) is 13.0 Å². The van der Waals surface area contributed by atoms with Crippen LogP contribution in [0, 0.1) is 5.92 Å². The molecule has 0 aliphatic carbocycles. The first-order valence-electron chi connectivity index (χ1n) is 5.99. The second-order valence-corrected chi connectivity index (χ2v) is 6.05. The minimum absolute atomic E-state index is 0.0395. The van der Waals surface area contributed by atoms with Crippen LogP contribution >= 0.6 is 0 Å². The van der Waals surface area contributed by atoms with Crippen LogP contribution in [0.25, 0.3) is 0 Å². The van der Waals surface area contributed by atoms with E-state index in [0.29, 0.717) is 0 Å². The number of nitrogen functional groups attached to an aromatic ring is 1. The Morgan fingerprint density at radius 2 is 2.14 bits per heavy atom. The Hall–Kier alpha value is -2.13. The third-order valence-electron chi connectivity index (χ3n) is 3.25. The lowest BCUT2D eigenvalue weighted by Gasteiger charge is -2.19. The molecule has 0 radical (unpaired) electrons. The smallest absolute Gasteiger partial charge is 0.311 e. The standard InChI is InChI=1S/C12H14N2O6S/c1-20-12(16)7-4-11(15)14(6-7)10-5-8(21(17,18)19)2-3-9(10)13/h2-3,5,7H,4,6,13H2,1H3,(H,17,18,19). The number of carbonyl (C=O) groups is 2. The van der Waals surface area contributed by atoms with Crippen molar-refractivity contribution in [1.29, 1.82) is 0 Å². The van der Waals surface area contributed by atoms with E-state index >= 15 is 0 Å². The van der Waals surface area contributed by atoms with Crippen LogP contribution in [0.1, 0.15) is 6.42 Å². The third kappa shape index (κ3) is 2.98. The molecule has 1 atom stereocenters. The number of amides is 1. The SMILES string of the molecule is COC(=O)C1CC(=O)N(c2cc(S(=O)(=O)O)ccc2N)C1. The zero-order chi connectivity index (χ0) is 15.8. The van der Waals surface area contributed by atoms with Gasteiger partial charge in [-0.2, -0.15) is 8.42 Å². The maximum absolute atomic E-state index is 12.0. The molecule has 1 saturated heterocycles. The molecule has 21 heavy (non-hydrogen) atoms. The second kappa shape index (κ2) is 5.34. The Morgan fingerprint density at radius 1 is 1.48 bits per heavy atom. The molecule has 1 aromatic rings. The van der Waals surface area contributed by atoms with E-state index in [1.54, 1.807) is 0 Å². The van der Waals surface area contributed by atoms with Gasteiger partial charge in [0.2, 0.25) is 5.91 Å². The summed E-state index contributed by atoms with van der Waals surface area (Å²) in [4.78, 5) is 24.3. The lowest BCUT2D eigenvalue weighted by atomic mass is 10.1. The minimum Gasteiger partial charge on any atom is -0.469 e. The highest BCUT2D eigenvalue weighted by Gasteiger charge is 2.36. The largest absolute Gasteiger partial charge is 0.469 e. The van der Waals surface area contributed by atoms with Crippen molar-refractivity contribution in [2.24, 2.45) is 5.92 Å². The number of methoxy groups -OCH3 is 1. The van der Waals surface area contributed by atoms with Gasteiger partial charge in [-0.3, -0.25) is 14.1 Å². The van der Waals surface area contributed by atoms with Gasteiger partial charge >= 0.3 is 5.97 Å². The van der Waals surface area contributed by atoms with Crippen molar-refractivity contribution in [3.05, 3.63) is 18.2 Å². The molecule has 1 amide bonds. The molecule has 2 rings (SSSR count). The number of nitrogens with zero attached hydrogens (tertiary/aromatic N) is 1. The quantitative estimate of drug-likeness (QED) is 0.458. The Labute approximate surface area is 121 Å². The number of carbonyl (C=O) groups excluding carboxylic acids is 2. The van der Waals surface area contributed by atoms with Gasteiger partial charge in [0.1, 0.15) is 0 Å². The maximum atomic E-state index is 12.0. The lowest BCUT2D eigenvalue weighted by molar-refractivity contribution is -0.145. The van der Waals surface area contributed by atoms with E-state index in [1.807, 2.05) is 0 Å². The van der Waals surface area contributed by atoms with Crippen molar-refractivity contribution < 1.29 is 27.3 Å². The summed E-state index contributed by atoms with van der Waals surface area (Å²) >= 11 is 0. The summed E-state index contributed by atoms with van der Waals surface area (Å²) in [7, 11) is -3.18. The number of anilines is 2. The monoisotopic (exact) mass is 314 g/mol. The molecule has 1 unspecified atom stereocenters. The molecule has 8 nitrogen and oxygen atoms in total. The van der Waals surface area contributed by atoms with Crippen LogP contribution in [0.4, 0.5) is 11.4 Å². The fraction of sp³-hybridized carbons (Fsp3) is 0.333. The van der Waals surface area contributed by atoms with Gasteiger partial charge in [-0.15, -0.1) is 0 Å². The summed E-state index contributed by atoms with van der Waals surface area (Å²) < 4.78 is 35.9. The van der Waals surface area contributed by atoms with E-state index in [-0.39, 0.29) is 35.1 Å². The predicted molar refractivity (Wildman–Crippen MR) is 73.1 cm³/mol. The first-order valence-corrected chi connectivity index (χ1v) is 7.43. The van der Waals surface area contributed by atoms with Crippen LogP contribution in [-0.2, 0) is 24.4 Å². The highest BCUT2D eigenvalue weighted by molar-refractivity contribution is 7.85. The van der Waals surface area contributed by atoms with Gasteiger partial charge < -0.3 is 15.4 Å². The molecule has 1 heterocycles. The predicted octanol–water partition coefficient (Wildman–Crippen LogP) is 0.0414. The molecule has 1 aliphatic heterocycles. The van der Waals surface area contributed by atoms with Crippen molar-refractivity contribution in [2.45, 2.75) is 11.3 Å². The van der Waals surface area contributed by atoms with Crippen molar-refractivity contribution in [1.82, 2.24) is 0 Å². The van der Waals surface area contributed by atoms with Crippen molar-refractivity contribution in [2.75, 3.05) is 24.3 Å². The summed E-state index contributed by atoms with van der Waals surface area (Å²) in [5, 5.41) is 0. The number of benzene rings is 1. The number of nitrogens with two attached hydrogens (primary N) is 1. The van der Waals surface area contributed by atoms with Crippen molar-refractivity contribution in [3.8, 4) is 0 Å². The number of hydrogen-bond donors (Lipinski definition) is 2. The molecule has 0 saturated carbocycles. The summed E-state index contributed by atoms with van der Waals surface area (Å²) in [6, 6.07) is 3.51. The van der Waals surface area contributed by atoms with E-state index < -0.39 is 22.0 Å². The molecule has 0 bridgehead atoms. The average Bonchev–Trinajstić information content (AvgIpc) is 2.79. The molecule has 1 aromatic carbocycles. The Kier molecular flexibility index (Phi) is 3.88. The van der Waals surface area contributed by atoms with Crippen LogP contribution in [0.3, 0.4) is 0 Å². The topological polar surface area (TPSA) is 127 Å². The fourth-order valence-corrected chi connectivity index (χ4v) is 2.68. The van der Waals surface area contributed by atoms with Gasteiger partial charge in [0.05, 0.1) is 29.3 Å². The van der Waals surface area contributed by atoms with E-state index in [0.717, 1.165) is 12.1 Å². The number of hydrogen-bond acceptors (Lipinski definition) is 6. The van der Waals surface area contributed by atoms with Gasteiger partial charge in [0.15, 0.2) is 0 Å². The van der Waals surface area contributed by atoms with Crippen LogP contribution < -0.4 is 10.6 Å². The Bertz CT molecular complexity index is 700. The highest BCUT2D eigenvalue weighted by Crippen LogP contribution is 2.32. The van der Waals surface area contributed by atoms with Crippen molar-refractivity contribution in [3.63, 3.8) is 0 Å². The average molecular weight is 314 g/mol. The van der Waals surface area contributed by atoms with E-state index in [4.69, 9.17) is 10.3 Å². The molecule has 3 N–H and O–H groups in total. The highest BCUT2D eigenvalue weighted by atomic mass is 32.2. The van der Waals surface area contributed by atoms with Crippen molar-refractivity contribution >= 4 is 33.4 Å². The number of ether oxygens (including phenoxy) is 1. The Balaban J connectivity index is 2.38. The van der Waals surface area contributed by atoms with Gasteiger partial charge in [-0.05, 0) is 18.2 Å². The van der Waals surface area contributed by atoms with Crippen LogP contribution in [0.2, 0.25) is 0 Å². The molecule has 0 aromatic heterocycles. The normalized spacial score (nSPS) is 18.9. The van der Waals surface area contributed by atoms with Crippen LogP contribution in [-0.4, -0.2) is 38.5 Å². The molecule has 0 spiro atoms. The lowest BCUT2D eigenvalue weighted by Crippen LogP contribution is -2.27. The van der Waals surface area contributed by atoms with Gasteiger partial charge in [0.25, 0.3) is 10.1 Å².